The molecule has 17 heavy (non-hydrogen) atoms. The zero-order valence-electron chi connectivity index (χ0n) is 8.84. The van der Waals surface area contributed by atoms with Crippen molar-refractivity contribution < 1.29 is 18.3 Å². The summed E-state index contributed by atoms with van der Waals surface area (Å²) in [6.45, 7) is 1.81. The van der Waals surface area contributed by atoms with Crippen LogP contribution in [0.2, 0.25) is 0 Å². The summed E-state index contributed by atoms with van der Waals surface area (Å²) in [5.41, 5.74) is 0.0363. The highest BCUT2D eigenvalue weighted by Gasteiger charge is 2.23. The average Bonchev–Trinajstić information content (AvgIpc) is 2.27. The van der Waals surface area contributed by atoms with Gasteiger partial charge in [-0.25, -0.2) is 13.6 Å². The van der Waals surface area contributed by atoms with Crippen molar-refractivity contribution in [1.29, 1.82) is 0 Å². The Kier molecular flexibility index (Phi) is 5.51. The number of hydrogen-bond donors (Lipinski definition) is 0. The normalized spacial score (nSPS) is 10.7. The molecule has 1 aromatic rings. The Labute approximate surface area is 116 Å². The Hall–Kier alpha value is -0.500. The maximum Gasteiger partial charge on any atom is 0.339 e. The van der Waals surface area contributed by atoms with E-state index < -0.39 is 18.1 Å². The van der Waals surface area contributed by atoms with Gasteiger partial charge in [0.05, 0.1) is 15.7 Å². The Morgan fingerprint density at radius 1 is 1.65 bits per heavy atom. The van der Waals surface area contributed by atoms with Gasteiger partial charge in [-0.3, -0.25) is 4.98 Å². The molecule has 1 rings (SSSR count). The molecular weight excluding hydrogens is 366 g/mol. The molecule has 0 N–H and O–H groups in total. The molecule has 0 atom stereocenters. The Bertz CT molecular complexity index is 429. The highest BCUT2D eigenvalue weighted by Crippen LogP contribution is 2.28. The molecule has 0 saturated carbocycles. The first-order valence-electron chi connectivity index (χ1n) is 4.71. The van der Waals surface area contributed by atoms with E-state index in [-0.39, 0.29) is 21.6 Å². The summed E-state index contributed by atoms with van der Waals surface area (Å²) in [6, 6.07) is 0. The first-order valence-corrected chi connectivity index (χ1v) is 6.32. The molecule has 0 aliphatic rings. The zero-order chi connectivity index (χ0) is 13.0. The van der Waals surface area contributed by atoms with E-state index in [1.807, 2.05) is 0 Å². The van der Waals surface area contributed by atoms with Crippen LogP contribution in [0.1, 0.15) is 35.0 Å². The number of esters is 1. The maximum absolute atomic E-state index is 12.6. The SMILES string of the molecule is CCOC(=O)c1c(CCl)cnc(C(F)F)c1I. The van der Waals surface area contributed by atoms with Crippen molar-refractivity contribution in [2.24, 2.45) is 0 Å². The van der Waals surface area contributed by atoms with Gasteiger partial charge in [0.15, 0.2) is 0 Å². The van der Waals surface area contributed by atoms with Crippen molar-refractivity contribution in [3.05, 3.63) is 26.6 Å². The third kappa shape index (κ3) is 3.25. The summed E-state index contributed by atoms with van der Waals surface area (Å²) in [4.78, 5) is 15.3. The lowest BCUT2D eigenvalue weighted by molar-refractivity contribution is 0.0523. The third-order valence-corrected chi connectivity index (χ3v) is 3.34. The van der Waals surface area contributed by atoms with Crippen molar-refractivity contribution in [3.63, 3.8) is 0 Å². The van der Waals surface area contributed by atoms with Gasteiger partial charge in [0, 0.05) is 17.6 Å². The molecule has 94 valence electrons. The summed E-state index contributed by atoms with van der Waals surface area (Å²) in [5.74, 6) is -0.641. The van der Waals surface area contributed by atoms with Crippen LogP contribution in [-0.4, -0.2) is 17.6 Å². The Morgan fingerprint density at radius 3 is 2.76 bits per heavy atom. The zero-order valence-corrected chi connectivity index (χ0v) is 11.8. The molecule has 3 nitrogen and oxygen atoms in total. The molecule has 0 saturated heterocycles. The molecule has 1 heterocycles. The van der Waals surface area contributed by atoms with Gasteiger partial charge in [-0.2, -0.15) is 0 Å². The fraction of sp³-hybridized carbons (Fsp3) is 0.400. The van der Waals surface area contributed by atoms with Crippen molar-refractivity contribution in [3.8, 4) is 0 Å². The largest absolute Gasteiger partial charge is 0.462 e. The van der Waals surface area contributed by atoms with E-state index in [0.717, 1.165) is 0 Å². The maximum atomic E-state index is 12.6. The molecule has 7 heteroatoms. The third-order valence-electron chi connectivity index (χ3n) is 1.96. The van der Waals surface area contributed by atoms with Crippen LogP contribution < -0.4 is 0 Å². The monoisotopic (exact) mass is 375 g/mol. The Balaban J connectivity index is 3.32. The van der Waals surface area contributed by atoms with Gasteiger partial charge in [0.2, 0.25) is 0 Å². The molecule has 1 aromatic heterocycles. The average molecular weight is 376 g/mol. The van der Waals surface area contributed by atoms with Crippen molar-refractivity contribution >= 4 is 40.2 Å². The molecule has 0 spiro atoms. The first kappa shape index (κ1) is 14.6. The number of pyridine rings is 1. The number of rotatable bonds is 4. The van der Waals surface area contributed by atoms with E-state index in [4.69, 9.17) is 16.3 Å². The van der Waals surface area contributed by atoms with Crippen LogP contribution in [0.3, 0.4) is 0 Å². The lowest BCUT2D eigenvalue weighted by atomic mass is 10.1. The molecular formula is C10H9ClF2INO2. The number of hydrogen-bond acceptors (Lipinski definition) is 3. The summed E-state index contributed by atoms with van der Waals surface area (Å²) < 4.78 is 30.2. The van der Waals surface area contributed by atoms with Gasteiger partial charge in [-0.1, -0.05) is 0 Å². The minimum atomic E-state index is -2.74. The molecule has 0 bridgehead atoms. The molecule has 0 unspecified atom stereocenters. The topological polar surface area (TPSA) is 39.2 Å². The Morgan fingerprint density at radius 2 is 2.29 bits per heavy atom. The second-order valence-electron chi connectivity index (χ2n) is 3.01. The van der Waals surface area contributed by atoms with Crippen molar-refractivity contribution in [1.82, 2.24) is 4.98 Å². The van der Waals surface area contributed by atoms with Gasteiger partial charge in [-0.05, 0) is 29.5 Å². The highest BCUT2D eigenvalue weighted by molar-refractivity contribution is 14.1. The van der Waals surface area contributed by atoms with Crippen molar-refractivity contribution in [2.45, 2.75) is 19.2 Å². The van der Waals surface area contributed by atoms with E-state index in [9.17, 15) is 13.6 Å². The highest BCUT2D eigenvalue weighted by atomic mass is 127. The van der Waals surface area contributed by atoms with E-state index in [0.29, 0.717) is 5.56 Å². The van der Waals surface area contributed by atoms with Crippen LogP contribution in [0, 0.1) is 3.57 Å². The van der Waals surface area contributed by atoms with E-state index in [1.165, 1.54) is 6.20 Å². The van der Waals surface area contributed by atoms with Crippen molar-refractivity contribution in [2.75, 3.05) is 6.61 Å². The van der Waals surface area contributed by atoms with E-state index in [2.05, 4.69) is 4.98 Å². The van der Waals surface area contributed by atoms with Crippen LogP contribution in [0.25, 0.3) is 0 Å². The lowest BCUT2D eigenvalue weighted by Gasteiger charge is -2.11. The molecule has 0 aliphatic carbocycles. The summed E-state index contributed by atoms with van der Waals surface area (Å²) in [6.07, 6.45) is -1.55. The predicted molar refractivity (Wildman–Crippen MR) is 67.4 cm³/mol. The summed E-state index contributed by atoms with van der Waals surface area (Å²) in [5, 5.41) is 0. The number of carbonyl (C=O) groups is 1. The van der Waals surface area contributed by atoms with Gasteiger partial charge in [-0.15, -0.1) is 11.6 Å². The summed E-state index contributed by atoms with van der Waals surface area (Å²) >= 11 is 7.30. The van der Waals surface area contributed by atoms with E-state index >= 15 is 0 Å². The predicted octanol–water partition coefficient (Wildman–Crippen LogP) is 3.54. The first-order chi connectivity index (χ1) is 8.02. The van der Waals surface area contributed by atoms with Gasteiger partial charge in [0.1, 0.15) is 5.69 Å². The van der Waals surface area contributed by atoms with E-state index in [1.54, 1.807) is 29.5 Å². The lowest BCUT2D eigenvalue weighted by Crippen LogP contribution is -2.13. The molecule has 0 radical (unpaired) electrons. The summed E-state index contributed by atoms with van der Waals surface area (Å²) in [7, 11) is 0. The van der Waals surface area contributed by atoms with Crippen LogP contribution in [0.4, 0.5) is 8.78 Å². The molecule has 0 amide bonds. The minimum absolute atomic E-state index is 0.0146. The quantitative estimate of drug-likeness (QED) is 0.459. The number of alkyl halides is 3. The number of aromatic nitrogens is 1. The van der Waals surface area contributed by atoms with Gasteiger partial charge < -0.3 is 4.74 Å². The number of nitrogens with zero attached hydrogens (tertiary/aromatic N) is 1. The number of ether oxygens (including phenoxy) is 1. The van der Waals surface area contributed by atoms with Crippen LogP contribution in [-0.2, 0) is 10.6 Å². The molecule has 0 fully saturated rings. The standard InChI is InChI=1S/C10H9ClF2INO2/c1-2-17-10(16)6-5(3-11)4-15-8(7(6)14)9(12)13/h4,9H,2-3H2,1H3. The molecule has 0 aliphatic heterocycles. The molecule has 0 aromatic carbocycles. The minimum Gasteiger partial charge on any atom is -0.462 e. The van der Waals surface area contributed by atoms with Crippen LogP contribution in [0.5, 0.6) is 0 Å². The van der Waals surface area contributed by atoms with Gasteiger partial charge >= 0.3 is 5.97 Å². The second kappa shape index (κ2) is 6.44. The van der Waals surface area contributed by atoms with Gasteiger partial charge in [0.25, 0.3) is 6.43 Å². The number of carbonyl (C=O) groups excluding carboxylic acids is 1. The fourth-order valence-electron chi connectivity index (χ4n) is 1.22. The second-order valence-corrected chi connectivity index (χ2v) is 4.36. The fourth-order valence-corrected chi connectivity index (χ4v) is 2.36. The van der Waals surface area contributed by atoms with Crippen LogP contribution in [0.15, 0.2) is 6.20 Å². The van der Waals surface area contributed by atoms with Crippen LogP contribution >= 0.6 is 34.2 Å². The smallest absolute Gasteiger partial charge is 0.339 e. The number of halogens is 4.